The number of likely N-dealkylation sites (tertiary alicyclic amines) is 1. The number of aryl methyl sites for hydroxylation is 1. The third kappa shape index (κ3) is 5.98. The molecule has 0 bridgehead atoms. The van der Waals surface area contributed by atoms with E-state index in [4.69, 9.17) is 9.26 Å². The molecule has 184 valence electrons. The molecule has 0 aliphatic carbocycles. The number of nitrogens with zero attached hydrogens (tertiary/aromatic N) is 3. The molecule has 2 heterocycles. The third-order valence-electron chi connectivity index (χ3n) is 6.54. The Morgan fingerprint density at radius 3 is 2.47 bits per heavy atom. The number of rotatable bonds is 8. The van der Waals surface area contributed by atoms with Crippen molar-refractivity contribution in [2.45, 2.75) is 32.9 Å². The van der Waals surface area contributed by atoms with Gasteiger partial charge in [0.2, 0.25) is 17.6 Å². The highest BCUT2D eigenvalue weighted by molar-refractivity contribution is 5.92. The van der Waals surface area contributed by atoms with E-state index in [9.17, 15) is 4.79 Å². The zero-order valence-corrected chi connectivity index (χ0v) is 20.4. The van der Waals surface area contributed by atoms with Crippen LogP contribution in [0.15, 0.2) is 83.4 Å². The zero-order chi connectivity index (χ0) is 24.7. The Bertz CT molecular complexity index is 1280. The fraction of sp³-hybridized carbons (Fsp3) is 0.276. The lowest BCUT2D eigenvalue weighted by Gasteiger charge is -2.30. The number of amides is 1. The summed E-state index contributed by atoms with van der Waals surface area (Å²) in [5, 5.41) is 7.20. The van der Waals surface area contributed by atoms with Crippen LogP contribution in [0.1, 0.15) is 29.9 Å². The largest absolute Gasteiger partial charge is 0.489 e. The molecule has 0 spiro atoms. The van der Waals surface area contributed by atoms with Crippen LogP contribution in [0.3, 0.4) is 0 Å². The number of hydrogen-bond donors (Lipinski definition) is 1. The highest BCUT2D eigenvalue weighted by Gasteiger charge is 2.26. The Morgan fingerprint density at radius 1 is 1.00 bits per heavy atom. The number of piperidine rings is 1. The molecule has 1 saturated heterocycles. The van der Waals surface area contributed by atoms with Crippen molar-refractivity contribution in [2.75, 3.05) is 18.4 Å². The number of ether oxygens (including phenoxy) is 1. The van der Waals surface area contributed by atoms with Crippen LogP contribution in [0.5, 0.6) is 5.75 Å². The smallest absolute Gasteiger partial charge is 0.241 e. The molecule has 0 atom stereocenters. The Morgan fingerprint density at radius 2 is 1.72 bits per heavy atom. The summed E-state index contributed by atoms with van der Waals surface area (Å²) >= 11 is 0. The molecule has 0 radical (unpaired) electrons. The second-order valence-corrected chi connectivity index (χ2v) is 9.16. The maximum absolute atomic E-state index is 12.8. The van der Waals surface area contributed by atoms with E-state index in [0.29, 0.717) is 24.9 Å². The molecule has 1 aliphatic rings. The van der Waals surface area contributed by atoms with Crippen molar-refractivity contribution in [1.82, 2.24) is 15.0 Å². The van der Waals surface area contributed by atoms with Gasteiger partial charge < -0.3 is 14.6 Å². The van der Waals surface area contributed by atoms with Crippen LogP contribution in [-0.2, 0) is 17.9 Å². The Labute approximate surface area is 211 Å². The van der Waals surface area contributed by atoms with E-state index in [-0.39, 0.29) is 11.8 Å². The molecule has 1 N–H and O–H groups in total. The highest BCUT2D eigenvalue weighted by atomic mass is 16.5. The van der Waals surface area contributed by atoms with Crippen molar-refractivity contribution < 1.29 is 14.1 Å². The van der Waals surface area contributed by atoms with Gasteiger partial charge in [0.25, 0.3) is 0 Å². The molecule has 36 heavy (non-hydrogen) atoms. The van der Waals surface area contributed by atoms with Gasteiger partial charge in [0.15, 0.2) is 0 Å². The molecule has 1 aromatic heterocycles. The molecule has 4 aromatic rings. The van der Waals surface area contributed by atoms with E-state index in [1.807, 2.05) is 85.8 Å². The van der Waals surface area contributed by atoms with Crippen LogP contribution in [0.4, 0.5) is 5.69 Å². The van der Waals surface area contributed by atoms with Gasteiger partial charge in [-0.1, -0.05) is 59.8 Å². The van der Waals surface area contributed by atoms with Gasteiger partial charge in [-0.15, -0.1) is 0 Å². The summed E-state index contributed by atoms with van der Waals surface area (Å²) in [4.78, 5) is 19.7. The van der Waals surface area contributed by atoms with Crippen molar-refractivity contribution in [2.24, 2.45) is 5.92 Å². The third-order valence-corrected chi connectivity index (χ3v) is 6.54. The first kappa shape index (κ1) is 23.8. The minimum Gasteiger partial charge on any atom is -0.489 e. The van der Waals surface area contributed by atoms with Gasteiger partial charge >= 0.3 is 0 Å². The number of aromatic nitrogens is 2. The van der Waals surface area contributed by atoms with E-state index in [2.05, 4.69) is 20.4 Å². The van der Waals surface area contributed by atoms with E-state index in [1.165, 1.54) is 0 Å². The lowest BCUT2D eigenvalue weighted by Crippen LogP contribution is -2.37. The maximum Gasteiger partial charge on any atom is 0.241 e. The van der Waals surface area contributed by atoms with Crippen molar-refractivity contribution >= 4 is 11.6 Å². The minimum absolute atomic E-state index is 0.0135. The Kier molecular flexibility index (Phi) is 7.38. The first-order valence-corrected chi connectivity index (χ1v) is 12.3. The van der Waals surface area contributed by atoms with Crippen molar-refractivity contribution in [3.63, 3.8) is 0 Å². The molecule has 0 unspecified atom stereocenters. The predicted molar refractivity (Wildman–Crippen MR) is 138 cm³/mol. The van der Waals surface area contributed by atoms with Crippen molar-refractivity contribution in [3.8, 4) is 17.1 Å². The van der Waals surface area contributed by atoms with Gasteiger partial charge in [-0.05, 0) is 68.2 Å². The van der Waals surface area contributed by atoms with E-state index >= 15 is 0 Å². The summed E-state index contributed by atoms with van der Waals surface area (Å²) in [7, 11) is 0. The number of hydrogen-bond acceptors (Lipinski definition) is 6. The summed E-state index contributed by atoms with van der Waals surface area (Å²) in [6.45, 7) is 4.77. The topological polar surface area (TPSA) is 80.5 Å². The summed E-state index contributed by atoms with van der Waals surface area (Å²) in [5.74, 6) is 2.05. The minimum atomic E-state index is -0.0135. The molecule has 7 heteroatoms. The first-order chi connectivity index (χ1) is 17.6. The van der Waals surface area contributed by atoms with Crippen LogP contribution in [0, 0.1) is 12.8 Å². The van der Waals surface area contributed by atoms with Crippen molar-refractivity contribution in [3.05, 3.63) is 95.9 Å². The monoisotopic (exact) mass is 482 g/mol. The number of carbonyl (C=O) groups excluding carboxylic acids is 1. The van der Waals surface area contributed by atoms with Crippen LogP contribution < -0.4 is 10.1 Å². The van der Waals surface area contributed by atoms with Gasteiger partial charge in [0, 0.05) is 17.2 Å². The van der Waals surface area contributed by atoms with E-state index in [1.54, 1.807) is 0 Å². The van der Waals surface area contributed by atoms with Crippen LogP contribution in [0.2, 0.25) is 0 Å². The van der Waals surface area contributed by atoms with E-state index in [0.717, 1.165) is 54.1 Å². The molecule has 7 nitrogen and oxygen atoms in total. The number of carbonyl (C=O) groups is 1. The number of nitrogens with one attached hydrogen (secondary N) is 1. The van der Waals surface area contributed by atoms with Gasteiger partial charge in [0.05, 0.1) is 6.54 Å². The first-order valence-electron chi connectivity index (χ1n) is 12.3. The Balaban J connectivity index is 1.07. The average molecular weight is 483 g/mol. The van der Waals surface area contributed by atoms with Crippen LogP contribution in [0.25, 0.3) is 11.4 Å². The summed E-state index contributed by atoms with van der Waals surface area (Å²) in [6, 6.07) is 25.6. The summed E-state index contributed by atoms with van der Waals surface area (Å²) < 4.78 is 11.3. The molecule has 3 aromatic carbocycles. The summed E-state index contributed by atoms with van der Waals surface area (Å²) in [5.41, 5.74) is 4.00. The molecule has 5 rings (SSSR count). The molecule has 1 amide bonds. The molecule has 1 fully saturated rings. The second-order valence-electron chi connectivity index (χ2n) is 9.16. The van der Waals surface area contributed by atoms with Gasteiger partial charge in [-0.25, -0.2) is 0 Å². The molecular formula is C29H30N4O3. The average Bonchev–Trinajstić information content (AvgIpc) is 3.37. The Hall–Kier alpha value is -3.97. The van der Waals surface area contributed by atoms with Gasteiger partial charge in [-0.3, -0.25) is 9.69 Å². The quantitative estimate of drug-likeness (QED) is 0.358. The van der Waals surface area contributed by atoms with E-state index < -0.39 is 0 Å². The molecule has 0 saturated carbocycles. The second kappa shape index (κ2) is 11.2. The zero-order valence-electron chi connectivity index (χ0n) is 20.4. The number of anilines is 1. The van der Waals surface area contributed by atoms with Crippen LogP contribution >= 0.6 is 0 Å². The van der Waals surface area contributed by atoms with Crippen LogP contribution in [-0.4, -0.2) is 34.0 Å². The fourth-order valence-corrected chi connectivity index (χ4v) is 4.42. The predicted octanol–water partition coefficient (Wildman–Crippen LogP) is 5.47. The summed E-state index contributed by atoms with van der Waals surface area (Å²) in [6.07, 6.45) is 1.59. The molecular weight excluding hydrogens is 452 g/mol. The van der Waals surface area contributed by atoms with Gasteiger partial charge in [0.1, 0.15) is 12.4 Å². The van der Waals surface area contributed by atoms with Crippen molar-refractivity contribution in [1.29, 1.82) is 0 Å². The maximum atomic E-state index is 12.8. The normalized spacial score (nSPS) is 14.5. The standard InChI is InChI=1S/C29H30N4O3/c1-21-7-5-6-10-26(21)28-31-27(36-32-28)19-33-17-15-23(16-18-33)29(34)30-24-11-13-25(14-12-24)35-20-22-8-3-2-4-9-22/h2-14,23H,15-20H2,1H3,(H,30,34). The SMILES string of the molecule is Cc1ccccc1-c1noc(CN2CCC(C(=O)Nc3ccc(OCc4ccccc4)cc3)CC2)n1. The lowest BCUT2D eigenvalue weighted by atomic mass is 9.96. The number of benzene rings is 3. The molecule has 1 aliphatic heterocycles. The highest BCUT2D eigenvalue weighted by Crippen LogP contribution is 2.24. The lowest BCUT2D eigenvalue weighted by molar-refractivity contribution is -0.121. The van der Waals surface area contributed by atoms with Gasteiger partial charge in [-0.2, -0.15) is 4.98 Å². The fourth-order valence-electron chi connectivity index (χ4n) is 4.42.